The number of carboxylic acid groups (broad SMARTS) is 1. The number of hydrogen-bond donors (Lipinski definition) is 2. The molecule has 2 unspecified atom stereocenters. The molecule has 1 aliphatic rings. The van der Waals surface area contributed by atoms with Crippen LogP contribution in [0.25, 0.3) is 10.8 Å². The lowest BCUT2D eigenvalue weighted by molar-refractivity contribution is -0.144. The largest absolute Gasteiger partial charge is 0.481 e. The van der Waals surface area contributed by atoms with Crippen LogP contribution in [0.2, 0.25) is 0 Å². The molecule has 126 valence electrons. The topological polar surface area (TPSA) is 66.4 Å². The van der Waals surface area contributed by atoms with Gasteiger partial charge in [-0.15, -0.1) is 0 Å². The zero-order chi connectivity index (χ0) is 16.9. The van der Waals surface area contributed by atoms with Gasteiger partial charge in [0, 0.05) is 12.5 Å². The molecule has 2 N–H and O–H groups in total. The number of hydrogen-bond acceptors (Lipinski definition) is 2. The summed E-state index contributed by atoms with van der Waals surface area (Å²) in [4.78, 5) is 23.4. The van der Waals surface area contributed by atoms with Gasteiger partial charge in [0.15, 0.2) is 0 Å². The van der Waals surface area contributed by atoms with E-state index in [-0.39, 0.29) is 17.7 Å². The number of aliphatic carboxylic acids is 1. The Morgan fingerprint density at radius 3 is 2.58 bits per heavy atom. The van der Waals surface area contributed by atoms with Crippen molar-refractivity contribution in [3.63, 3.8) is 0 Å². The van der Waals surface area contributed by atoms with E-state index in [4.69, 9.17) is 5.11 Å². The molecule has 0 heterocycles. The minimum absolute atomic E-state index is 0.00161. The molecule has 0 radical (unpaired) electrons. The number of amides is 1. The fourth-order valence-corrected chi connectivity index (χ4v) is 3.52. The Kier molecular flexibility index (Phi) is 5.14. The van der Waals surface area contributed by atoms with E-state index >= 15 is 0 Å². The van der Waals surface area contributed by atoms with Crippen LogP contribution in [-0.4, -0.2) is 23.5 Å². The number of carbonyl (C=O) groups excluding carboxylic acids is 1. The van der Waals surface area contributed by atoms with E-state index in [1.165, 1.54) is 16.3 Å². The van der Waals surface area contributed by atoms with Crippen LogP contribution in [0.4, 0.5) is 0 Å². The standard InChI is InChI=1S/C20H23NO3/c22-19(17-6-3-7-18(13-17)20(23)24)21-11-10-14-8-9-15-4-1-2-5-16(15)12-14/h1-2,4-5,8-9,12,17-18H,3,6-7,10-11,13H2,(H,21,22)(H,23,24). The molecule has 1 saturated carbocycles. The summed E-state index contributed by atoms with van der Waals surface area (Å²) >= 11 is 0. The zero-order valence-electron chi connectivity index (χ0n) is 13.7. The van der Waals surface area contributed by atoms with Crippen molar-refractivity contribution >= 4 is 22.6 Å². The Hall–Kier alpha value is -2.36. The average Bonchev–Trinajstić information content (AvgIpc) is 2.61. The molecule has 1 aliphatic carbocycles. The van der Waals surface area contributed by atoms with E-state index in [0.717, 1.165) is 19.3 Å². The summed E-state index contributed by atoms with van der Waals surface area (Å²) < 4.78 is 0. The van der Waals surface area contributed by atoms with Gasteiger partial charge in [-0.2, -0.15) is 0 Å². The maximum absolute atomic E-state index is 12.3. The van der Waals surface area contributed by atoms with Gasteiger partial charge in [0.2, 0.25) is 5.91 Å². The predicted octanol–water partition coefficient (Wildman–Crippen LogP) is 3.39. The summed E-state index contributed by atoms with van der Waals surface area (Å²) in [5.74, 6) is -1.29. The summed E-state index contributed by atoms with van der Waals surface area (Å²) in [7, 11) is 0. The van der Waals surface area contributed by atoms with Crippen molar-refractivity contribution in [1.29, 1.82) is 0 Å². The minimum atomic E-state index is -0.774. The van der Waals surface area contributed by atoms with Gasteiger partial charge in [-0.3, -0.25) is 9.59 Å². The molecule has 0 aromatic heterocycles. The van der Waals surface area contributed by atoms with Crippen LogP contribution in [0.3, 0.4) is 0 Å². The van der Waals surface area contributed by atoms with Crippen molar-refractivity contribution in [2.75, 3.05) is 6.54 Å². The fourth-order valence-electron chi connectivity index (χ4n) is 3.52. The number of carboxylic acids is 1. The van der Waals surface area contributed by atoms with Gasteiger partial charge in [-0.05, 0) is 42.0 Å². The molecular formula is C20H23NO3. The second kappa shape index (κ2) is 7.47. The number of nitrogens with one attached hydrogen (secondary N) is 1. The first kappa shape index (κ1) is 16.5. The SMILES string of the molecule is O=C(O)C1CCCC(C(=O)NCCc2ccc3ccccc3c2)C1. The lowest BCUT2D eigenvalue weighted by Gasteiger charge is -2.25. The Bertz CT molecular complexity index is 740. The van der Waals surface area contributed by atoms with Gasteiger partial charge < -0.3 is 10.4 Å². The number of benzene rings is 2. The lowest BCUT2D eigenvalue weighted by Crippen LogP contribution is -2.36. The highest BCUT2D eigenvalue weighted by molar-refractivity contribution is 5.83. The Morgan fingerprint density at radius 2 is 1.79 bits per heavy atom. The van der Waals surface area contributed by atoms with Crippen molar-refractivity contribution in [3.8, 4) is 0 Å². The minimum Gasteiger partial charge on any atom is -0.481 e. The Labute approximate surface area is 141 Å². The third-order valence-electron chi connectivity index (χ3n) is 4.92. The summed E-state index contributed by atoms with van der Waals surface area (Å²) in [6, 6.07) is 14.6. The van der Waals surface area contributed by atoms with Crippen LogP contribution in [-0.2, 0) is 16.0 Å². The molecule has 1 amide bonds. The van der Waals surface area contributed by atoms with Crippen molar-refractivity contribution in [1.82, 2.24) is 5.32 Å². The molecule has 0 aliphatic heterocycles. The smallest absolute Gasteiger partial charge is 0.306 e. The van der Waals surface area contributed by atoms with E-state index < -0.39 is 5.97 Å². The predicted molar refractivity (Wildman–Crippen MR) is 93.7 cm³/mol. The van der Waals surface area contributed by atoms with E-state index in [2.05, 4.69) is 35.6 Å². The highest BCUT2D eigenvalue weighted by Gasteiger charge is 2.30. The molecule has 0 bridgehead atoms. The Morgan fingerprint density at radius 1 is 1.04 bits per heavy atom. The third-order valence-corrected chi connectivity index (χ3v) is 4.92. The van der Waals surface area contributed by atoms with Crippen molar-refractivity contribution < 1.29 is 14.7 Å². The second-order valence-electron chi connectivity index (χ2n) is 6.62. The van der Waals surface area contributed by atoms with Crippen LogP contribution >= 0.6 is 0 Å². The molecule has 2 aromatic carbocycles. The summed E-state index contributed by atoms with van der Waals surface area (Å²) in [5.41, 5.74) is 1.20. The molecule has 2 aromatic rings. The van der Waals surface area contributed by atoms with Crippen molar-refractivity contribution in [2.45, 2.75) is 32.1 Å². The first-order valence-electron chi connectivity index (χ1n) is 8.61. The first-order chi connectivity index (χ1) is 11.6. The molecule has 3 rings (SSSR count). The number of carbonyl (C=O) groups is 2. The van der Waals surface area contributed by atoms with Crippen molar-refractivity contribution in [3.05, 3.63) is 48.0 Å². The Balaban J connectivity index is 1.51. The molecule has 0 spiro atoms. The lowest BCUT2D eigenvalue weighted by atomic mass is 9.81. The first-order valence-corrected chi connectivity index (χ1v) is 8.61. The zero-order valence-corrected chi connectivity index (χ0v) is 13.7. The fraction of sp³-hybridized carbons (Fsp3) is 0.400. The summed E-state index contributed by atoms with van der Waals surface area (Å²) in [6.45, 7) is 0.589. The van der Waals surface area contributed by atoms with E-state index in [0.29, 0.717) is 19.4 Å². The summed E-state index contributed by atoms with van der Waals surface area (Å²) in [6.07, 6.45) is 3.56. The molecule has 4 nitrogen and oxygen atoms in total. The second-order valence-corrected chi connectivity index (χ2v) is 6.62. The maximum Gasteiger partial charge on any atom is 0.306 e. The molecule has 0 saturated heterocycles. The van der Waals surface area contributed by atoms with E-state index in [1.807, 2.05) is 12.1 Å². The van der Waals surface area contributed by atoms with Gasteiger partial charge >= 0.3 is 5.97 Å². The molecule has 2 atom stereocenters. The highest BCUT2D eigenvalue weighted by Crippen LogP contribution is 2.29. The van der Waals surface area contributed by atoms with Crippen LogP contribution in [0.5, 0.6) is 0 Å². The van der Waals surface area contributed by atoms with Crippen molar-refractivity contribution in [2.24, 2.45) is 11.8 Å². The quantitative estimate of drug-likeness (QED) is 0.885. The average molecular weight is 325 g/mol. The summed E-state index contributed by atoms with van der Waals surface area (Å²) in [5, 5.41) is 14.5. The molecule has 1 fully saturated rings. The van der Waals surface area contributed by atoms with Crippen LogP contribution in [0, 0.1) is 11.8 Å². The van der Waals surface area contributed by atoms with Crippen LogP contribution in [0.1, 0.15) is 31.2 Å². The van der Waals surface area contributed by atoms with E-state index in [1.54, 1.807) is 0 Å². The van der Waals surface area contributed by atoms with Gasteiger partial charge in [0.05, 0.1) is 5.92 Å². The highest BCUT2D eigenvalue weighted by atomic mass is 16.4. The van der Waals surface area contributed by atoms with Gasteiger partial charge in [0.25, 0.3) is 0 Å². The van der Waals surface area contributed by atoms with Crippen LogP contribution < -0.4 is 5.32 Å². The monoisotopic (exact) mass is 325 g/mol. The van der Waals surface area contributed by atoms with Gasteiger partial charge in [-0.25, -0.2) is 0 Å². The van der Waals surface area contributed by atoms with Gasteiger partial charge in [0.1, 0.15) is 0 Å². The number of fused-ring (bicyclic) bond motifs is 1. The van der Waals surface area contributed by atoms with E-state index in [9.17, 15) is 9.59 Å². The van der Waals surface area contributed by atoms with Crippen LogP contribution in [0.15, 0.2) is 42.5 Å². The normalized spacial score (nSPS) is 20.7. The molecular weight excluding hydrogens is 302 g/mol. The number of rotatable bonds is 5. The maximum atomic E-state index is 12.3. The van der Waals surface area contributed by atoms with Gasteiger partial charge in [-0.1, -0.05) is 48.9 Å². The third kappa shape index (κ3) is 3.94. The molecule has 24 heavy (non-hydrogen) atoms. The molecule has 4 heteroatoms.